The van der Waals surface area contributed by atoms with Crippen LogP contribution in [0.25, 0.3) is 16.6 Å². The van der Waals surface area contributed by atoms with Crippen LogP contribution in [-0.4, -0.2) is 21.6 Å². The van der Waals surface area contributed by atoms with Crippen molar-refractivity contribution >= 4 is 22.4 Å². The number of allylic oxidation sites excluding steroid dienone is 3. The highest BCUT2D eigenvalue weighted by atomic mass is 16.3. The maximum Gasteiger partial charge on any atom is 0.138 e. The van der Waals surface area contributed by atoms with Crippen LogP contribution in [0.4, 0.5) is 0 Å². The van der Waals surface area contributed by atoms with E-state index in [-0.39, 0.29) is 22.9 Å². The average molecular weight is 402 g/mol. The van der Waals surface area contributed by atoms with Gasteiger partial charge in [-0.2, -0.15) is 0 Å². The lowest BCUT2D eigenvalue weighted by molar-refractivity contribution is -0.140. The normalized spacial score (nSPS) is 40.4. The van der Waals surface area contributed by atoms with E-state index in [1.807, 2.05) is 0 Å². The summed E-state index contributed by atoms with van der Waals surface area (Å²) < 4.78 is 2.34. The molecule has 1 heterocycles. The van der Waals surface area contributed by atoms with Gasteiger partial charge in [0, 0.05) is 29.6 Å². The fraction of sp³-hybridized carbons (Fsp3) is 0.519. The second-order valence-corrected chi connectivity index (χ2v) is 10.7. The molecular weight excluding hydrogens is 370 g/mol. The third-order valence-corrected chi connectivity index (χ3v) is 9.17. The molecule has 1 aromatic heterocycles. The van der Waals surface area contributed by atoms with Crippen LogP contribution < -0.4 is 0 Å². The standard InChI is InChI=1S/C27H31NO2/c1-26-13-11-19(29)15-18(26)7-8-20-21-9-10-24(27(21,2)16-23(30)25(20)26)28-14-12-17-5-3-4-6-22(17)28/h3-7,10,12,14,19-21,25,29H,8-9,11,13,15-16H2,1-2H3/t19-,20?,21?,25?,26-,27-/m0/s1. The minimum absolute atomic E-state index is 0.0521. The number of aliphatic hydroxyl groups excluding tert-OH is 1. The molecule has 30 heavy (non-hydrogen) atoms. The molecule has 2 saturated carbocycles. The number of fused-ring (bicyclic) bond motifs is 6. The van der Waals surface area contributed by atoms with Crippen molar-refractivity contribution in [1.29, 1.82) is 0 Å². The molecule has 3 heteroatoms. The maximum absolute atomic E-state index is 13.8. The summed E-state index contributed by atoms with van der Waals surface area (Å²) in [7, 11) is 0. The van der Waals surface area contributed by atoms with Gasteiger partial charge in [0.25, 0.3) is 0 Å². The Morgan fingerprint density at radius 1 is 1.07 bits per heavy atom. The van der Waals surface area contributed by atoms with E-state index in [0.717, 1.165) is 32.1 Å². The Balaban J connectivity index is 1.41. The van der Waals surface area contributed by atoms with Gasteiger partial charge in [0.1, 0.15) is 5.78 Å². The molecular formula is C27H31NO2. The summed E-state index contributed by atoms with van der Waals surface area (Å²) in [5, 5.41) is 11.5. The highest BCUT2D eigenvalue weighted by Gasteiger charge is 2.60. The molecule has 6 rings (SSSR count). The number of ketones is 1. The van der Waals surface area contributed by atoms with Crippen LogP contribution in [0.5, 0.6) is 0 Å². The lowest BCUT2D eigenvalue weighted by atomic mass is 9.47. The van der Waals surface area contributed by atoms with Gasteiger partial charge in [-0.3, -0.25) is 4.79 Å². The monoisotopic (exact) mass is 401 g/mol. The van der Waals surface area contributed by atoms with Gasteiger partial charge < -0.3 is 9.67 Å². The van der Waals surface area contributed by atoms with Crippen molar-refractivity contribution in [2.45, 2.75) is 58.5 Å². The van der Waals surface area contributed by atoms with Crippen LogP contribution in [0.2, 0.25) is 0 Å². The first-order valence-corrected chi connectivity index (χ1v) is 11.6. The van der Waals surface area contributed by atoms with Gasteiger partial charge in [0.15, 0.2) is 0 Å². The van der Waals surface area contributed by atoms with E-state index in [1.54, 1.807) is 0 Å². The predicted octanol–water partition coefficient (Wildman–Crippen LogP) is 5.59. The van der Waals surface area contributed by atoms with Crippen LogP contribution in [0.1, 0.15) is 52.4 Å². The van der Waals surface area contributed by atoms with E-state index < -0.39 is 0 Å². The number of hydrogen-bond donors (Lipinski definition) is 1. The van der Waals surface area contributed by atoms with Gasteiger partial charge >= 0.3 is 0 Å². The molecule has 3 nitrogen and oxygen atoms in total. The van der Waals surface area contributed by atoms with E-state index in [4.69, 9.17) is 0 Å². The molecule has 0 amide bonds. The Bertz CT molecular complexity index is 1110. The van der Waals surface area contributed by atoms with Crippen molar-refractivity contribution in [2.24, 2.45) is 28.6 Å². The average Bonchev–Trinajstić information content (AvgIpc) is 3.28. The zero-order valence-electron chi connectivity index (χ0n) is 18.0. The first-order chi connectivity index (χ1) is 14.4. The van der Waals surface area contributed by atoms with E-state index in [2.05, 4.69) is 67.1 Å². The number of aliphatic hydroxyl groups is 1. The minimum atomic E-state index is -0.230. The van der Waals surface area contributed by atoms with E-state index in [1.165, 1.54) is 22.2 Å². The number of nitrogens with zero attached hydrogens (tertiary/aromatic N) is 1. The molecule has 1 N–H and O–H groups in total. The van der Waals surface area contributed by atoms with Crippen LogP contribution in [0.3, 0.4) is 0 Å². The Labute approximate surface area is 178 Å². The summed E-state index contributed by atoms with van der Waals surface area (Å²) in [5.41, 5.74) is 3.75. The summed E-state index contributed by atoms with van der Waals surface area (Å²) in [6.07, 6.45) is 12.0. The van der Waals surface area contributed by atoms with E-state index >= 15 is 0 Å². The van der Waals surface area contributed by atoms with Crippen molar-refractivity contribution in [3.63, 3.8) is 0 Å². The molecule has 2 aromatic rings. The minimum Gasteiger partial charge on any atom is -0.393 e. The summed E-state index contributed by atoms with van der Waals surface area (Å²) in [6, 6.07) is 10.7. The Kier molecular flexibility index (Phi) is 3.85. The van der Waals surface area contributed by atoms with Crippen LogP contribution in [0, 0.1) is 28.6 Å². The highest BCUT2D eigenvalue weighted by Crippen LogP contribution is 2.64. The van der Waals surface area contributed by atoms with Crippen molar-refractivity contribution in [3.05, 3.63) is 54.3 Å². The molecule has 0 saturated heterocycles. The number of Topliss-reactive ketones (excluding diaryl/α,β-unsaturated/α-hetero) is 1. The zero-order valence-corrected chi connectivity index (χ0v) is 18.0. The fourth-order valence-electron chi connectivity index (χ4n) is 7.69. The van der Waals surface area contributed by atoms with Gasteiger partial charge in [0.2, 0.25) is 0 Å². The summed E-state index contributed by atoms with van der Waals surface area (Å²) in [6.45, 7) is 4.65. The van der Waals surface area contributed by atoms with Gasteiger partial charge in [-0.15, -0.1) is 0 Å². The lowest BCUT2D eigenvalue weighted by Crippen LogP contribution is -2.54. The molecule has 4 aliphatic rings. The quantitative estimate of drug-likeness (QED) is 0.633. The second-order valence-electron chi connectivity index (χ2n) is 10.7. The number of benzene rings is 1. The van der Waals surface area contributed by atoms with E-state index in [9.17, 15) is 9.90 Å². The molecule has 4 aliphatic carbocycles. The molecule has 2 fully saturated rings. The Morgan fingerprint density at radius 2 is 1.90 bits per heavy atom. The van der Waals surface area contributed by atoms with E-state index in [0.29, 0.717) is 24.0 Å². The van der Waals surface area contributed by atoms with Gasteiger partial charge in [-0.05, 0) is 66.9 Å². The molecule has 156 valence electrons. The highest BCUT2D eigenvalue weighted by molar-refractivity contribution is 5.89. The third-order valence-electron chi connectivity index (χ3n) is 9.17. The lowest BCUT2D eigenvalue weighted by Gasteiger charge is -2.56. The molecule has 0 aliphatic heterocycles. The number of rotatable bonds is 1. The second kappa shape index (κ2) is 6.20. The molecule has 0 bridgehead atoms. The third kappa shape index (κ3) is 2.33. The smallest absolute Gasteiger partial charge is 0.138 e. The largest absolute Gasteiger partial charge is 0.393 e. The number of hydrogen-bond acceptors (Lipinski definition) is 2. The number of aromatic nitrogens is 1. The number of carbonyl (C=O) groups is 1. The van der Waals surface area contributed by atoms with Crippen molar-refractivity contribution in [3.8, 4) is 0 Å². The van der Waals surface area contributed by atoms with Crippen molar-refractivity contribution in [1.82, 2.24) is 4.57 Å². The Morgan fingerprint density at radius 3 is 2.77 bits per heavy atom. The van der Waals surface area contributed by atoms with Crippen LogP contribution in [0.15, 0.2) is 54.3 Å². The van der Waals surface area contributed by atoms with Crippen molar-refractivity contribution < 1.29 is 9.90 Å². The molecule has 1 aromatic carbocycles. The number of para-hydroxylation sites is 1. The van der Waals surface area contributed by atoms with Crippen LogP contribution in [-0.2, 0) is 4.79 Å². The Hall–Kier alpha value is -2.13. The molecule has 6 atom stereocenters. The zero-order chi connectivity index (χ0) is 20.7. The predicted molar refractivity (Wildman–Crippen MR) is 120 cm³/mol. The van der Waals surface area contributed by atoms with Gasteiger partial charge in [0.05, 0.1) is 11.6 Å². The summed E-state index contributed by atoms with van der Waals surface area (Å²) in [5.74, 6) is 1.50. The summed E-state index contributed by atoms with van der Waals surface area (Å²) >= 11 is 0. The molecule has 0 radical (unpaired) electrons. The fourth-order valence-corrected chi connectivity index (χ4v) is 7.69. The van der Waals surface area contributed by atoms with Gasteiger partial charge in [-0.1, -0.05) is 49.8 Å². The van der Waals surface area contributed by atoms with Crippen LogP contribution >= 0.6 is 0 Å². The SMILES string of the molecule is C[C@]12CC[C@H](O)CC1=CCC1C2C(=O)C[C@]2(C)C(n3ccc4ccccc43)=CCC12. The molecule has 0 spiro atoms. The first-order valence-electron chi connectivity index (χ1n) is 11.6. The topological polar surface area (TPSA) is 42.2 Å². The first kappa shape index (κ1) is 18.6. The molecule has 3 unspecified atom stereocenters. The maximum atomic E-state index is 13.8. The van der Waals surface area contributed by atoms with Gasteiger partial charge in [-0.25, -0.2) is 0 Å². The van der Waals surface area contributed by atoms with Crippen molar-refractivity contribution in [2.75, 3.05) is 0 Å². The summed E-state index contributed by atoms with van der Waals surface area (Å²) in [4.78, 5) is 13.8. The number of carbonyl (C=O) groups excluding carboxylic acids is 1.